The SMILES string of the molecule is COc1cccc(CNC2CCC(C)C(C)C2)c1OC. The summed E-state index contributed by atoms with van der Waals surface area (Å²) in [6, 6.07) is 6.68. The Morgan fingerprint density at radius 3 is 2.55 bits per heavy atom. The lowest BCUT2D eigenvalue weighted by molar-refractivity contribution is 0.225. The van der Waals surface area contributed by atoms with Gasteiger partial charge in [0.05, 0.1) is 14.2 Å². The van der Waals surface area contributed by atoms with Crippen LogP contribution in [-0.4, -0.2) is 20.3 Å². The zero-order valence-corrected chi connectivity index (χ0v) is 13.1. The Balaban J connectivity index is 1.97. The number of ether oxygens (including phenoxy) is 2. The summed E-state index contributed by atoms with van der Waals surface area (Å²) in [5.74, 6) is 3.32. The van der Waals surface area contributed by atoms with Crippen molar-refractivity contribution in [1.29, 1.82) is 0 Å². The van der Waals surface area contributed by atoms with Gasteiger partial charge in [-0.3, -0.25) is 0 Å². The molecule has 0 aliphatic heterocycles. The van der Waals surface area contributed by atoms with Gasteiger partial charge in [0, 0.05) is 18.2 Å². The third-order valence-electron chi connectivity index (χ3n) is 4.66. The molecule has 0 radical (unpaired) electrons. The molecule has 1 fully saturated rings. The van der Waals surface area contributed by atoms with Gasteiger partial charge in [-0.1, -0.05) is 26.0 Å². The van der Waals surface area contributed by atoms with E-state index in [0.29, 0.717) is 6.04 Å². The van der Waals surface area contributed by atoms with Gasteiger partial charge in [0.1, 0.15) is 0 Å². The molecule has 3 heteroatoms. The number of hydrogen-bond donors (Lipinski definition) is 1. The Labute approximate surface area is 122 Å². The van der Waals surface area contributed by atoms with Crippen LogP contribution in [-0.2, 0) is 6.54 Å². The van der Waals surface area contributed by atoms with Crippen LogP contribution in [0.25, 0.3) is 0 Å². The number of benzene rings is 1. The molecule has 1 saturated carbocycles. The van der Waals surface area contributed by atoms with Gasteiger partial charge in [0.2, 0.25) is 0 Å². The van der Waals surface area contributed by atoms with E-state index >= 15 is 0 Å². The molecule has 3 nitrogen and oxygen atoms in total. The summed E-state index contributed by atoms with van der Waals surface area (Å²) in [6.45, 7) is 5.57. The van der Waals surface area contributed by atoms with Crippen molar-refractivity contribution in [2.45, 2.75) is 45.7 Å². The largest absolute Gasteiger partial charge is 0.493 e. The number of nitrogens with one attached hydrogen (secondary N) is 1. The van der Waals surface area contributed by atoms with Crippen molar-refractivity contribution in [3.8, 4) is 11.5 Å². The van der Waals surface area contributed by atoms with E-state index in [-0.39, 0.29) is 0 Å². The molecule has 0 saturated heterocycles. The van der Waals surface area contributed by atoms with Gasteiger partial charge in [-0.2, -0.15) is 0 Å². The van der Waals surface area contributed by atoms with E-state index in [1.54, 1.807) is 14.2 Å². The quantitative estimate of drug-likeness (QED) is 0.891. The van der Waals surface area contributed by atoms with Crippen molar-refractivity contribution < 1.29 is 9.47 Å². The zero-order valence-electron chi connectivity index (χ0n) is 13.1. The molecule has 2 rings (SSSR count). The number of hydrogen-bond acceptors (Lipinski definition) is 3. The van der Waals surface area contributed by atoms with Gasteiger partial charge in [-0.05, 0) is 37.2 Å². The van der Waals surface area contributed by atoms with E-state index in [9.17, 15) is 0 Å². The Bertz CT molecular complexity index is 433. The predicted octanol–water partition coefficient (Wildman–Crippen LogP) is 3.62. The summed E-state index contributed by atoms with van der Waals surface area (Å²) < 4.78 is 10.8. The summed E-state index contributed by atoms with van der Waals surface area (Å²) in [4.78, 5) is 0. The zero-order chi connectivity index (χ0) is 14.5. The van der Waals surface area contributed by atoms with Crippen LogP contribution in [0.3, 0.4) is 0 Å². The molecule has 3 atom stereocenters. The van der Waals surface area contributed by atoms with E-state index in [0.717, 1.165) is 35.4 Å². The van der Waals surface area contributed by atoms with Crippen molar-refractivity contribution in [1.82, 2.24) is 5.32 Å². The molecule has 0 heterocycles. The average Bonchev–Trinajstić information content (AvgIpc) is 2.47. The first-order chi connectivity index (χ1) is 9.65. The molecule has 1 N–H and O–H groups in total. The minimum absolute atomic E-state index is 0.622. The fourth-order valence-corrected chi connectivity index (χ4v) is 3.08. The van der Waals surface area contributed by atoms with Crippen LogP contribution in [0.5, 0.6) is 11.5 Å². The van der Waals surface area contributed by atoms with Crippen molar-refractivity contribution in [3.05, 3.63) is 23.8 Å². The van der Waals surface area contributed by atoms with Gasteiger partial charge < -0.3 is 14.8 Å². The maximum absolute atomic E-state index is 5.48. The molecule has 1 aliphatic carbocycles. The molecule has 0 spiro atoms. The van der Waals surface area contributed by atoms with Gasteiger partial charge >= 0.3 is 0 Å². The molecule has 20 heavy (non-hydrogen) atoms. The molecular weight excluding hydrogens is 250 g/mol. The number of rotatable bonds is 5. The third-order valence-corrected chi connectivity index (χ3v) is 4.66. The molecule has 0 bridgehead atoms. The highest BCUT2D eigenvalue weighted by atomic mass is 16.5. The van der Waals surface area contributed by atoms with Gasteiger partial charge in [-0.25, -0.2) is 0 Å². The Hall–Kier alpha value is -1.22. The molecule has 1 aromatic rings. The van der Waals surface area contributed by atoms with E-state index in [1.807, 2.05) is 12.1 Å². The Morgan fingerprint density at radius 2 is 1.90 bits per heavy atom. The van der Waals surface area contributed by atoms with E-state index in [2.05, 4.69) is 25.2 Å². The number of para-hydroxylation sites is 1. The van der Waals surface area contributed by atoms with Crippen LogP contribution in [0.4, 0.5) is 0 Å². The normalized spacial score (nSPS) is 26.3. The maximum atomic E-state index is 5.48. The fourth-order valence-electron chi connectivity index (χ4n) is 3.08. The number of methoxy groups -OCH3 is 2. The fraction of sp³-hybridized carbons (Fsp3) is 0.647. The minimum Gasteiger partial charge on any atom is -0.493 e. The molecule has 1 aromatic carbocycles. The highest BCUT2D eigenvalue weighted by molar-refractivity contribution is 5.46. The van der Waals surface area contributed by atoms with Crippen molar-refractivity contribution >= 4 is 0 Å². The van der Waals surface area contributed by atoms with Gasteiger partial charge in [0.15, 0.2) is 11.5 Å². The average molecular weight is 277 g/mol. The summed E-state index contributed by atoms with van der Waals surface area (Å²) >= 11 is 0. The van der Waals surface area contributed by atoms with E-state index in [1.165, 1.54) is 19.3 Å². The van der Waals surface area contributed by atoms with Crippen molar-refractivity contribution in [3.63, 3.8) is 0 Å². The highest BCUT2D eigenvalue weighted by Gasteiger charge is 2.24. The smallest absolute Gasteiger partial charge is 0.165 e. The second-order valence-electron chi connectivity index (χ2n) is 6.00. The second-order valence-corrected chi connectivity index (χ2v) is 6.00. The molecule has 112 valence electrons. The lowest BCUT2D eigenvalue weighted by atomic mass is 9.79. The van der Waals surface area contributed by atoms with Crippen LogP contribution in [0, 0.1) is 11.8 Å². The standard InChI is InChI=1S/C17H27NO2/c1-12-8-9-15(10-13(12)2)18-11-14-6-5-7-16(19-3)17(14)20-4/h5-7,12-13,15,18H,8-11H2,1-4H3. The highest BCUT2D eigenvalue weighted by Crippen LogP contribution is 2.32. The van der Waals surface area contributed by atoms with E-state index in [4.69, 9.17) is 9.47 Å². The first kappa shape index (κ1) is 15.2. The van der Waals surface area contributed by atoms with E-state index < -0.39 is 0 Å². The topological polar surface area (TPSA) is 30.5 Å². The summed E-state index contributed by atoms with van der Waals surface area (Å²) in [5, 5.41) is 3.68. The second kappa shape index (κ2) is 6.98. The van der Waals surface area contributed by atoms with Gasteiger partial charge in [0.25, 0.3) is 0 Å². The van der Waals surface area contributed by atoms with Gasteiger partial charge in [-0.15, -0.1) is 0 Å². The predicted molar refractivity (Wildman–Crippen MR) is 82.4 cm³/mol. The molecule has 0 aromatic heterocycles. The van der Waals surface area contributed by atoms with Crippen LogP contribution in [0.2, 0.25) is 0 Å². The van der Waals surface area contributed by atoms with Crippen LogP contribution >= 0.6 is 0 Å². The third kappa shape index (κ3) is 3.45. The maximum Gasteiger partial charge on any atom is 0.165 e. The molecular formula is C17H27NO2. The molecule has 3 unspecified atom stereocenters. The lowest BCUT2D eigenvalue weighted by Crippen LogP contribution is -2.35. The summed E-state index contributed by atoms with van der Waals surface area (Å²) in [6.07, 6.45) is 3.87. The lowest BCUT2D eigenvalue weighted by Gasteiger charge is -2.32. The monoisotopic (exact) mass is 277 g/mol. The van der Waals surface area contributed by atoms with Crippen LogP contribution in [0.1, 0.15) is 38.7 Å². The summed E-state index contributed by atoms with van der Waals surface area (Å²) in [5.41, 5.74) is 1.16. The minimum atomic E-state index is 0.622. The van der Waals surface area contributed by atoms with Crippen LogP contribution < -0.4 is 14.8 Å². The summed E-state index contributed by atoms with van der Waals surface area (Å²) in [7, 11) is 3.38. The van der Waals surface area contributed by atoms with Crippen molar-refractivity contribution in [2.75, 3.05) is 14.2 Å². The van der Waals surface area contributed by atoms with Crippen LogP contribution in [0.15, 0.2) is 18.2 Å². The molecule has 0 amide bonds. The van der Waals surface area contributed by atoms with Crippen molar-refractivity contribution in [2.24, 2.45) is 11.8 Å². The first-order valence-corrected chi connectivity index (χ1v) is 7.59. The first-order valence-electron chi connectivity index (χ1n) is 7.59. The Morgan fingerprint density at radius 1 is 1.10 bits per heavy atom. The Kier molecular flexibility index (Phi) is 5.30. The molecule has 1 aliphatic rings.